The van der Waals surface area contributed by atoms with E-state index in [4.69, 9.17) is 0 Å². The van der Waals surface area contributed by atoms with Gasteiger partial charge in [0.25, 0.3) is 0 Å². The zero-order valence-electron chi connectivity index (χ0n) is 12.9. The number of aromatic amines is 2. The lowest BCUT2D eigenvalue weighted by molar-refractivity contribution is -0.111. The molecule has 4 rings (SSSR count). The normalized spacial score (nSPS) is 11.4. The standard InChI is InChI=1S/C17H13N5O2S/c23-12-5-4-11(20-14(24)6-3-10-8-18-9-19-10)15-16(12)22-17(21-15)13-2-1-7-25-13/h1-9,23H,(H,18,19)(H,20,24)(H,21,22). The largest absolute Gasteiger partial charge is 0.506 e. The lowest BCUT2D eigenvalue weighted by Gasteiger charge is -2.03. The van der Waals surface area contributed by atoms with Gasteiger partial charge in [-0.25, -0.2) is 9.97 Å². The molecule has 3 heterocycles. The SMILES string of the molecule is O=C(C=Cc1cnc[nH]1)Nc1ccc(O)c2[nH]c(-c3cccs3)nc12. The number of benzene rings is 1. The summed E-state index contributed by atoms with van der Waals surface area (Å²) in [4.78, 5) is 27.5. The van der Waals surface area contributed by atoms with Crippen LogP contribution in [-0.2, 0) is 4.79 Å². The minimum atomic E-state index is -0.303. The highest BCUT2D eigenvalue weighted by Gasteiger charge is 2.14. The Labute approximate surface area is 146 Å². The molecule has 124 valence electrons. The average molecular weight is 351 g/mol. The third-order valence-corrected chi connectivity index (χ3v) is 4.45. The summed E-state index contributed by atoms with van der Waals surface area (Å²) < 4.78 is 0. The number of nitrogens with one attached hydrogen (secondary N) is 3. The van der Waals surface area contributed by atoms with Crippen molar-refractivity contribution in [2.45, 2.75) is 0 Å². The van der Waals surface area contributed by atoms with Gasteiger partial charge in [-0.3, -0.25) is 4.79 Å². The molecule has 3 aromatic heterocycles. The van der Waals surface area contributed by atoms with E-state index in [0.29, 0.717) is 22.5 Å². The molecule has 4 N–H and O–H groups in total. The first-order valence-corrected chi connectivity index (χ1v) is 8.31. The number of hydrogen-bond acceptors (Lipinski definition) is 5. The average Bonchev–Trinajstić information content (AvgIpc) is 3.36. The van der Waals surface area contributed by atoms with Crippen molar-refractivity contribution in [3.63, 3.8) is 0 Å². The number of phenols is 1. The van der Waals surface area contributed by atoms with Gasteiger partial charge in [-0.15, -0.1) is 11.3 Å². The van der Waals surface area contributed by atoms with Crippen LogP contribution in [0.15, 0.2) is 48.2 Å². The summed E-state index contributed by atoms with van der Waals surface area (Å²) >= 11 is 1.54. The molecule has 0 aliphatic rings. The quantitative estimate of drug-likeness (QED) is 0.334. The summed E-state index contributed by atoms with van der Waals surface area (Å²) in [6.45, 7) is 0. The summed E-state index contributed by atoms with van der Waals surface area (Å²) in [5.74, 6) is 0.425. The number of carbonyl (C=O) groups excluding carboxylic acids is 1. The van der Waals surface area contributed by atoms with E-state index in [9.17, 15) is 9.90 Å². The Kier molecular flexibility index (Phi) is 3.79. The number of H-pyrrole nitrogens is 2. The van der Waals surface area contributed by atoms with E-state index in [1.807, 2.05) is 17.5 Å². The van der Waals surface area contributed by atoms with Crippen LogP contribution < -0.4 is 5.32 Å². The van der Waals surface area contributed by atoms with Crippen molar-refractivity contribution in [3.05, 3.63) is 53.9 Å². The predicted molar refractivity (Wildman–Crippen MR) is 97.3 cm³/mol. The number of anilines is 1. The highest BCUT2D eigenvalue weighted by Crippen LogP contribution is 2.33. The van der Waals surface area contributed by atoms with Crippen LogP contribution in [0.1, 0.15) is 5.69 Å². The lowest BCUT2D eigenvalue weighted by atomic mass is 10.2. The van der Waals surface area contributed by atoms with Gasteiger partial charge in [-0.1, -0.05) is 6.07 Å². The van der Waals surface area contributed by atoms with Gasteiger partial charge < -0.3 is 20.4 Å². The maximum absolute atomic E-state index is 12.1. The van der Waals surface area contributed by atoms with E-state index in [-0.39, 0.29) is 11.7 Å². The van der Waals surface area contributed by atoms with Gasteiger partial charge in [0.1, 0.15) is 22.6 Å². The zero-order chi connectivity index (χ0) is 17.2. The Hall–Kier alpha value is -3.39. The number of nitrogens with zero attached hydrogens (tertiary/aromatic N) is 2. The number of fused-ring (bicyclic) bond motifs is 1. The number of amides is 1. The molecule has 0 saturated carbocycles. The number of thiophene rings is 1. The molecule has 0 aliphatic heterocycles. The summed E-state index contributed by atoms with van der Waals surface area (Å²) in [6, 6.07) is 7.01. The monoisotopic (exact) mass is 351 g/mol. The molecule has 0 saturated heterocycles. The first kappa shape index (κ1) is 15.2. The molecule has 0 spiro atoms. The van der Waals surface area contributed by atoms with E-state index >= 15 is 0 Å². The molecule has 25 heavy (non-hydrogen) atoms. The Bertz CT molecular complexity index is 1050. The van der Waals surface area contributed by atoms with Crippen LogP contribution in [0.4, 0.5) is 5.69 Å². The van der Waals surface area contributed by atoms with Gasteiger partial charge in [0.2, 0.25) is 5.91 Å². The fourth-order valence-electron chi connectivity index (χ4n) is 2.41. The summed E-state index contributed by atoms with van der Waals surface area (Å²) in [5.41, 5.74) is 2.24. The zero-order valence-corrected chi connectivity index (χ0v) is 13.7. The third kappa shape index (κ3) is 3.02. The molecule has 0 unspecified atom stereocenters. The van der Waals surface area contributed by atoms with Gasteiger partial charge in [0.15, 0.2) is 0 Å². The number of aromatic nitrogens is 4. The molecule has 1 amide bonds. The van der Waals surface area contributed by atoms with E-state index in [2.05, 4.69) is 25.3 Å². The van der Waals surface area contributed by atoms with Gasteiger partial charge >= 0.3 is 0 Å². The third-order valence-electron chi connectivity index (χ3n) is 3.57. The number of imidazole rings is 2. The second-order valence-electron chi connectivity index (χ2n) is 5.25. The Morgan fingerprint density at radius 3 is 3.00 bits per heavy atom. The summed E-state index contributed by atoms with van der Waals surface area (Å²) in [7, 11) is 0. The fraction of sp³-hybridized carbons (Fsp3) is 0. The maximum Gasteiger partial charge on any atom is 0.248 e. The fourth-order valence-corrected chi connectivity index (χ4v) is 3.08. The highest BCUT2D eigenvalue weighted by atomic mass is 32.1. The molecule has 0 bridgehead atoms. The molecule has 0 aliphatic carbocycles. The summed E-state index contributed by atoms with van der Waals surface area (Å²) in [6.07, 6.45) is 6.18. The van der Waals surface area contributed by atoms with Crippen molar-refractivity contribution in [2.75, 3.05) is 5.32 Å². The maximum atomic E-state index is 12.1. The van der Waals surface area contributed by atoms with Crippen molar-refractivity contribution in [1.82, 2.24) is 19.9 Å². The van der Waals surface area contributed by atoms with E-state index < -0.39 is 0 Å². The molecule has 4 aromatic rings. The Morgan fingerprint density at radius 2 is 2.24 bits per heavy atom. The second-order valence-corrected chi connectivity index (χ2v) is 6.20. The topological polar surface area (TPSA) is 107 Å². The number of rotatable bonds is 4. The van der Waals surface area contributed by atoms with Crippen molar-refractivity contribution < 1.29 is 9.90 Å². The van der Waals surface area contributed by atoms with Crippen LogP contribution in [-0.4, -0.2) is 30.9 Å². The van der Waals surface area contributed by atoms with Crippen LogP contribution in [0.5, 0.6) is 5.75 Å². The molecule has 1 aromatic carbocycles. The van der Waals surface area contributed by atoms with Gasteiger partial charge in [0, 0.05) is 6.08 Å². The highest BCUT2D eigenvalue weighted by molar-refractivity contribution is 7.13. The van der Waals surface area contributed by atoms with Gasteiger partial charge in [-0.2, -0.15) is 0 Å². The molecular weight excluding hydrogens is 338 g/mol. The van der Waals surface area contributed by atoms with Crippen LogP contribution >= 0.6 is 11.3 Å². The molecule has 0 fully saturated rings. The van der Waals surface area contributed by atoms with Crippen molar-refractivity contribution in [3.8, 4) is 16.5 Å². The number of phenolic OH excluding ortho intramolecular Hbond substituents is 1. The first-order valence-electron chi connectivity index (χ1n) is 7.44. The minimum absolute atomic E-state index is 0.0799. The lowest BCUT2D eigenvalue weighted by Crippen LogP contribution is -2.08. The Morgan fingerprint density at radius 1 is 1.32 bits per heavy atom. The van der Waals surface area contributed by atoms with Crippen molar-refractivity contribution in [1.29, 1.82) is 0 Å². The van der Waals surface area contributed by atoms with E-state index in [1.54, 1.807) is 29.7 Å². The van der Waals surface area contributed by atoms with Crippen LogP contribution in [0.25, 0.3) is 27.8 Å². The van der Waals surface area contributed by atoms with Gasteiger partial charge in [-0.05, 0) is 29.7 Å². The molecule has 0 radical (unpaired) electrons. The molecule has 0 atom stereocenters. The van der Waals surface area contributed by atoms with Crippen molar-refractivity contribution in [2.24, 2.45) is 0 Å². The van der Waals surface area contributed by atoms with Gasteiger partial charge in [0.05, 0.1) is 28.8 Å². The van der Waals surface area contributed by atoms with Crippen LogP contribution in [0, 0.1) is 0 Å². The van der Waals surface area contributed by atoms with Crippen LogP contribution in [0.3, 0.4) is 0 Å². The molecule has 7 nitrogen and oxygen atoms in total. The first-order chi connectivity index (χ1) is 12.2. The van der Waals surface area contributed by atoms with E-state index in [1.165, 1.54) is 18.5 Å². The molecular formula is C17H13N5O2S. The van der Waals surface area contributed by atoms with E-state index in [0.717, 1.165) is 10.6 Å². The summed E-state index contributed by atoms with van der Waals surface area (Å²) in [5, 5.41) is 14.8. The molecule has 8 heteroatoms. The smallest absolute Gasteiger partial charge is 0.248 e. The number of aromatic hydroxyl groups is 1. The second kappa shape index (κ2) is 6.25. The van der Waals surface area contributed by atoms with Crippen molar-refractivity contribution >= 4 is 40.0 Å². The Balaban J connectivity index is 1.65. The minimum Gasteiger partial charge on any atom is -0.506 e. The van der Waals surface area contributed by atoms with Crippen LogP contribution in [0.2, 0.25) is 0 Å². The number of hydrogen-bond donors (Lipinski definition) is 4. The predicted octanol–water partition coefficient (Wildman–Crippen LogP) is 3.37. The number of carbonyl (C=O) groups is 1.